The molecule has 0 radical (unpaired) electrons. The smallest absolute Gasteiger partial charge is 0.00766 e. The zero-order chi connectivity index (χ0) is 6.24. The third-order valence-corrected chi connectivity index (χ3v) is 0.979. The first-order chi connectivity index (χ1) is 3.91. The van der Waals surface area contributed by atoms with Crippen molar-refractivity contribution in [2.75, 3.05) is 26.2 Å². The van der Waals surface area contributed by atoms with Crippen LogP contribution in [0.15, 0.2) is 0 Å². The van der Waals surface area contributed by atoms with Crippen molar-refractivity contribution >= 4 is 48.0 Å². The predicted octanol–water partition coefficient (Wildman–Crippen LogP) is 1.44. The van der Waals surface area contributed by atoms with Gasteiger partial charge in [0.05, 0.1) is 0 Å². The molecule has 0 aromatic rings. The fourth-order valence-electron chi connectivity index (χ4n) is 0.530. The molecule has 2 N–H and O–H groups in total. The number of nitrogens with one attached hydrogen (secondary N) is 2. The molecule has 0 saturated heterocycles. The Morgan fingerprint density at radius 1 is 0.800 bits per heavy atom. The molecule has 0 aromatic heterocycles. The fourth-order valence-corrected chi connectivity index (χ4v) is 0.530. The van der Waals surface area contributed by atoms with E-state index in [2.05, 4.69) is 24.5 Å². The Hall–Kier alpha value is 1.38. The molecule has 0 aliphatic rings. The van der Waals surface area contributed by atoms with Gasteiger partial charge in [0.25, 0.3) is 0 Å². The molecule has 0 unspecified atom stereocenters. The molecule has 0 bridgehead atoms. The zero-order valence-electron chi connectivity index (χ0n) is 6.64. The van der Waals surface area contributed by atoms with E-state index in [0.29, 0.717) is 0 Å². The van der Waals surface area contributed by atoms with Crippen LogP contribution in [0.2, 0.25) is 0 Å². The second-order valence-corrected chi connectivity index (χ2v) is 1.71. The molecule has 0 atom stereocenters. The summed E-state index contributed by atoms with van der Waals surface area (Å²) in [5.74, 6) is 0. The number of hydrogen-bond donors (Lipinski definition) is 2. The summed E-state index contributed by atoms with van der Waals surface area (Å²) in [4.78, 5) is 0. The van der Waals surface area contributed by atoms with Gasteiger partial charge in [0.1, 0.15) is 0 Å². The van der Waals surface area contributed by atoms with Crippen LogP contribution in [0, 0.1) is 0 Å². The Bertz CT molecular complexity index is 38.7. The average Bonchev–Trinajstić information content (AvgIpc) is 1.81. The molecule has 4 heteroatoms. The van der Waals surface area contributed by atoms with Crippen LogP contribution in [0.5, 0.6) is 0 Å². The van der Waals surface area contributed by atoms with Gasteiger partial charge in [0, 0.05) is 13.1 Å². The van der Waals surface area contributed by atoms with Gasteiger partial charge in [-0.3, -0.25) is 0 Å². The molecule has 0 fully saturated rings. The standard InChI is InChI=1S/C6H16N2.2HI/c1-3-7-5-6-8-4-2;;/h7-8H,3-6H2,1-2H3;2*1H. The second kappa shape index (κ2) is 16.8. The van der Waals surface area contributed by atoms with Crippen molar-refractivity contribution in [3.63, 3.8) is 0 Å². The van der Waals surface area contributed by atoms with Gasteiger partial charge in [-0.15, -0.1) is 48.0 Å². The highest BCUT2D eigenvalue weighted by Crippen LogP contribution is 1.56. The van der Waals surface area contributed by atoms with Crippen molar-refractivity contribution in [1.82, 2.24) is 10.6 Å². The fraction of sp³-hybridized carbons (Fsp3) is 1.00. The summed E-state index contributed by atoms with van der Waals surface area (Å²) in [6.07, 6.45) is 0. The molecule has 0 aliphatic heterocycles. The van der Waals surface area contributed by atoms with Gasteiger partial charge in [0.15, 0.2) is 0 Å². The maximum atomic E-state index is 3.22. The minimum Gasteiger partial charge on any atom is -0.316 e. The largest absolute Gasteiger partial charge is 0.316 e. The summed E-state index contributed by atoms with van der Waals surface area (Å²) in [7, 11) is 0. The van der Waals surface area contributed by atoms with Crippen molar-refractivity contribution in [3.8, 4) is 0 Å². The molecule has 66 valence electrons. The molecule has 0 heterocycles. The molecular weight excluding hydrogens is 354 g/mol. The summed E-state index contributed by atoms with van der Waals surface area (Å²) >= 11 is 0. The van der Waals surface area contributed by atoms with Crippen molar-refractivity contribution in [3.05, 3.63) is 0 Å². The van der Waals surface area contributed by atoms with Crippen LogP contribution in [0.1, 0.15) is 13.8 Å². The van der Waals surface area contributed by atoms with E-state index in [0.717, 1.165) is 26.2 Å². The Kier molecular flexibility index (Phi) is 29.3. The monoisotopic (exact) mass is 372 g/mol. The van der Waals surface area contributed by atoms with Gasteiger partial charge in [-0.25, -0.2) is 0 Å². The maximum absolute atomic E-state index is 3.22. The van der Waals surface area contributed by atoms with E-state index in [4.69, 9.17) is 0 Å². The highest BCUT2D eigenvalue weighted by molar-refractivity contribution is 14.0. The molecule has 10 heavy (non-hydrogen) atoms. The van der Waals surface area contributed by atoms with Gasteiger partial charge in [-0.05, 0) is 13.1 Å². The molecule has 0 rings (SSSR count). The summed E-state index contributed by atoms with van der Waals surface area (Å²) < 4.78 is 0. The number of hydrogen-bond acceptors (Lipinski definition) is 2. The lowest BCUT2D eigenvalue weighted by atomic mass is 10.6. The molecule has 0 aliphatic carbocycles. The van der Waals surface area contributed by atoms with E-state index in [1.54, 1.807) is 0 Å². The molecular formula is C6H18I2N2. The Labute approximate surface area is 98.0 Å². The van der Waals surface area contributed by atoms with E-state index >= 15 is 0 Å². The van der Waals surface area contributed by atoms with Gasteiger partial charge < -0.3 is 10.6 Å². The van der Waals surface area contributed by atoms with E-state index in [1.807, 2.05) is 0 Å². The maximum Gasteiger partial charge on any atom is 0.00766 e. The number of halogens is 2. The van der Waals surface area contributed by atoms with Crippen LogP contribution < -0.4 is 10.6 Å². The first-order valence-corrected chi connectivity index (χ1v) is 3.33. The molecule has 0 aromatic carbocycles. The van der Waals surface area contributed by atoms with Crippen LogP contribution in [-0.2, 0) is 0 Å². The third kappa shape index (κ3) is 16.2. The van der Waals surface area contributed by atoms with E-state index < -0.39 is 0 Å². The third-order valence-electron chi connectivity index (χ3n) is 0.979. The van der Waals surface area contributed by atoms with Crippen molar-refractivity contribution in [1.29, 1.82) is 0 Å². The van der Waals surface area contributed by atoms with Gasteiger partial charge in [-0.1, -0.05) is 13.8 Å². The minimum absolute atomic E-state index is 0. The van der Waals surface area contributed by atoms with Crippen molar-refractivity contribution in [2.24, 2.45) is 0 Å². The van der Waals surface area contributed by atoms with E-state index in [9.17, 15) is 0 Å². The Morgan fingerprint density at radius 3 is 1.30 bits per heavy atom. The summed E-state index contributed by atoms with van der Waals surface area (Å²) in [5.41, 5.74) is 0. The topological polar surface area (TPSA) is 24.1 Å². The van der Waals surface area contributed by atoms with Gasteiger partial charge in [-0.2, -0.15) is 0 Å². The van der Waals surface area contributed by atoms with Crippen LogP contribution in [0.25, 0.3) is 0 Å². The highest BCUT2D eigenvalue weighted by atomic mass is 127. The predicted molar refractivity (Wildman–Crippen MR) is 67.9 cm³/mol. The lowest BCUT2D eigenvalue weighted by molar-refractivity contribution is 0.641. The molecule has 2 nitrogen and oxygen atoms in total. The lowest BCUT2D eigenvalue weighted by Crippen LogP contribution is -2.26. The highest BCUT2D eigenvalue weighted by Gasteiger charge is 1.79. The van der Waals surface area contributed by atoms with E-state index in [1.165, 1.54) is 0 Å². The lowest BCUT2D eigenvalue weighted by Gasteiger charge is -1.99. The zero-order valence-corrected chi connectivity index (χ0v) is 11.3. The van der Waals surface area contributed by atoms with Gasteiger partial charge in [0.2, 0.25) is 0 Å². The number of rotatable bonds is 5. The first-order valence-electron chi connectivity index (χ1n) is 3.33. The summed E-state index contributed by atoms with van der Waals surface area (Å²) in [6, 6.07) is 0. The second-order valence-electron chi connectivity index (χ2n) is 1.71. The van der Waals surface area contributed by atoms with Crippen LogP contribution >= 0.6 is 48.0 Å². The molecule has 0 saturated carbocycles. The number of likely N-dealkylation sites (N-methyl/N-ethyl adjacent to an activating group) is 2. The molecule has 0 spiro atoms. The van der Waals surface area contributed by atoms with Gasteiger partial charge >= 0.3 is 0 Å². The first kappa shape index (κ1) is 17.5. The Morgan fingerprint density at radius 2 is 1.10 bits per heavy atom. The quantitative estimate of drug-likeness (QED) is 0.564. The van der Waals surface area contributed by atoms with Crippen molar-refractivity contribution in [2.45, 2.75) is 13.8 Å². The SMILES string of the molecule is CCNCCNCC.I.I. The van der Waals surface area contributed by atoms with Crippen LogP contribution in [-0.4, -0.2) is 26.2 Å². The van der Waals surface area contributed by atoms with Crippen molar-refractivity contribution < 1.29 is 0 Å². The van der Waals surface area contributed by atoms with Crippen LogP contribution in [0.4, 0.5) is 0 Å². The Balaban J connectivity index is -0.000000245. The van der Waals surface area contributed by atoms with E-state index in [-0.39, 0.29) is 48.0 Å². The summed E-state index contributed by atoms with van der Waals surface area (Å²) in [6.45, 7) is 8.56. The normalized spacial score (nSPS) is 7.80. The summed E-state index contributed by atoms with van der Waals surface area (Å²) in [5, 5.41) is 6.44. The average molecular weight is 372 g/mol. The minimum atomic E-state index is 0. The molecule has 0 amide bonds. The van der Waals surface area contributed by atoms with Crippen LogP contribution in [0.3, 0.4) is 0 Å².